The number of benzene rings is 3. The number of anilines is 1. The molecule has 3 rings (SSSR count). The lowest BCUT2D eigenvalue weighted by Crippen LogP contribution is -2.55. The van der Waals surface area contributed by atoms with Crippen molar-refractivity contribution in [2.24, 2.45) is 0 Å². The number of aryl methyl sites for hydroxylation is 1. The van der Waals surface area contributed by atoms with Crippen molar-refractivity contribution < 1.29 is 27.5 Å². The number of sulfonamides is 1. The lowest BCUT2D eigenvalue weighted by molar-refractivity contribution is -0.141. The number of hydrogen-bond acceptors (Lipinski definition) is 6. The SMILES string of the molecule is CCC(C(=O)NC(C)(C)C)N(Cc1ccc(Cl)c(Cl)c1)C(=O)CN(c1ccc(OC)c(OC)c1)S(=O)(=O)c1ccc(C)cc1. The molecule has 0 aliphatic rings. The highest BCUT2D eigenvalue weighted by atomic mass is 35.5. The Morgan fingerprint density at radius 2 is 1.55 bits per heavy atom. The first-order valence-electron chi connectivity index (χ1n) is 14.0. The molecule has 0 aliphatic carbocycles. The van der Waals surface area contributed by atoms with Crippen molar-refractivity contribution in [3.8, 4) is 11.5 Å². The van der Waals surface area contributed by atoms with Crippen LogP contribution in [0.4, 0.5) is 5.69 Å². The minimum absolute atomic E-state index is 0.000708. The molecule has 0 bridgehead atoms. The van der Waals surface area contributed by atoms with Gasteiger partial charge in [0.05, 0.1) is 34.8 Å². The van der Waals surface area contributed by atoms with Gasteiger partial charge in [-0.25, -0.2) is 8.42 Å². The van der Waals surface area contributed by atoms with Crippen molar-refractivity contribution in [1.82, 2.24) is 10.2 Å². The van der Waals surface area contributed by atoms with Gasteiger partial charge in [0.2, 0.25) is 11.8 Å². The molecule has 3 aromatic carbocycles. The van der Waals surface area contributed by atoms with Crippen molar-refractivity contribution in [1.29, 1.82) is 0 Å². The number of methoxy groups -OCH3 is 2. The third-order valence-electron chi connectivity index (χ3n) is 6.76. The molecule has 9 nitrogen and oxygen atoms in total. The molecule has 3 aromatic rings. The van der Waals surface area contributed by atoms with E-state index in [2.05, 4.69) is 5.32 Å². The van der Waals surface area contributed by atoms with Crippen LogP contribution < -0.4 is 19.1 Å². The van der Waals surface area contributed by atoms with Gasteiger partial charge in [-0.2, -0.15) is 0 Å². The van der Waals surface area contributed by atoms with Crippen LogP contribution in [0.2, 0.25) is 10.0 Å². The molecule has 0 fully saturated rings. The smallest absolute Gasteiger partial charge is 0.264 e. The summed E-state index contributed by atoms with van der Waals surface area (Å²) in [5.41, 5.74) is 1.11. The first-order valence-corrected chi connectivity index (χ1v) is 16.2. The summed E-state index contributed by atoms with van der Waals surface area (Å²) >= 11 is 12.4. The minimum Gasteiger partial charge on any atom is -0.493 e. The van der Waals surface area contributed by atoms with Crippen LogP contribution >= 0.6 is 23.2 Å². The average molecular weight is 665 g/mol. The molecule has 12 heteroatoms. The van der Waals surface area contributed by atoms with Gasteiger partial charge in [0.25, 0.3) is 10.0 Å². The molecule has 0 radical (unpaired) electrons. The Labute approximate surface area is 270 Å². The van der Waals surface area contributed by atoms with Crippen molar-refractivity contribution in [3.63, 3.8) is 0 Å². The second-order valence-corrected chi connectivity index (χ2v) is 14.0. The monoisotopic (exact) mass is 663 g/mol. The molecule has 0 heterocycles. The van der Waals surface area contributed by atoms with Gasteiger partial charge in [-0.3, -0.25) is 13.9 Å². The third-order valence-corrected chi connectivity index (χ3v) is 9.29. The van der Waals surface area contributed by atoms with E-state index in [1.165, 1.54) is 43.4 Å². The number of ether oxygens (including phenoxy) is 2. The zero-order valence-electron chi connectivity index (χ0n) is 26.0. The highest BCUT2D eigenvalue weighted by molar-refractivity contribution is 7.92. The molecular weight excluding hydrogens is 625 g/mol. The minimum atomic E-state index is -4.26. The molecule has 0 aliphatic heterocycles. The van der Waals surface area contributed by atoms with Gasteiger partial charge in [-0.1, -0.05) is 53.9 Å². The van der Waals surface area contributed by atoms with E-state index in [4.69, 9.17) is 32.7 Å². The van der Waals surface area contributed by atoms with Crippen LogP contribution in [0.3, 0.4) is 0 Å². The zero-order valence-corrected chi connectivity index (χ0v) is 28.3. The number of nitrogens with one attached hydrogen (secondary N) is 1. The number of hydrogen-bond donors (Lipinski definition) is 1. The van der Waals surface area contributed by atoms with Gasteiger partial charge in [0, 0.05) is 18.2 Å². The fourth-order valence-corrected chi connectivity index (χ4v) is 6.28. The first-order chi connectivity index (χ1) is 20.6. The van der Waals surface area contributed by atoms with Crippen molar-refractivity contribution in [3.05, 3.63) is 81.8 Å². The molecule has 0 aromatic heterocycles. The second kappa shape index (κ2) is 14.5. The number of carbonyl (C=O) groups is 2. The fraction of sp³-hybridized carbons (Fsp3) is 0.375. The van der Waals surface area contributed by atoms with Crippen molar-refractivity contribution in [2.75, 3.05) is 25.1 Å². The summed E-state index contributed by atoms with van der Waals surface area (Å²) in [6, 6.07) is 15.0. The summed E-state index contributed by atoms with van der Waals surface area (Å²) < 4.78 is 40.0. The van der Waals surface area contributed by atoms with E-state index in [0.29, 0.717) is 16.3 Å². The number of rotatable bonds is 12. The van der Waals surface area contributed by atoms with Crippen LogP contribution in [0.15, 0.2) is 65.6 Å². The number of halogens is 2. The highest BCUT2D eigenvalue weighted by Crippen LogP contribution is 2.34. The van der Waals surface area contributed by atoms with Gasteiger partial charge in [0.1, 0.15) is 12.6 Å². The summed E-state index contributed by atoms with van der Waals surface area (Å²) in [6.07, 6.45) is 0.274. The molecule has 1 atom stereocenters. The largest absolute Gasteiger partial charge is 0.493 e. The molecule has 2 amide bonds. The molecule has 44 heavy (non-hydrogen) atoms. The van der Waals surface area contributed by atoms with E-state index < -0.39 is 34.1 Å². The van der Waals surface area contributed by atoms with E-state index in [0.717, 1.165) is 9.87 Å². The van der Waals surface area contributed by atoms with E-state index in [1.54, 1.807) is 43.3 Å². The fourth-order valence-electron chi connectivity index (χ4n) is 4.55. The average Bonchev–Trinajstić information content (AvgIpc) is 2.96. The Morgan fingerprint density at radius 1 is 0.909 bits per heavy atom. The van der Waals surface area contributed by atoms with Gasteiger partial charge in [-0.05, 0) is 76.1 Å². The number of amides is 2. The van der Waals surface area contributed by atoms with Crippen molar-refractivity contribution >= 4 is 50.7 Å². The quantitative estimate of drug-likeness (QED) is 0.246. The predicted molar refractivity (Wildman–Crippen MR) is 174 cm³/mol. The topological polar surface area (TPSA) is 105 Å². The van der Waals surface area contributed by atoms with Gasteiger partial charge in [-0.15, -0.1) is 0 Å². The Bertz CT molecular complexity index is 1590. The van der Waals surface area contributed by atoms with Crippen LogP contribution in [-0.2, 0) is 26.2 Å². The summed E-state index contributed by atoms with van der Waals surface area (Å²) in [4.78, 5) is 29.2. The maximum atomic E-state index is 14.3. The van der Waals surface area contributed by atoms with Crippen molar-refractivity contribution in [2.45, 2.75) is 64.1 Å². The molecule has 0 saturated heterocycles. The molecule has 1 N–H and O–H groups in total. The zero-order chi connectivity index (χ0) is 32.8. The van der Waals surface area contributed by atoms with Crippen LogP contribution in [0.1, 0.15) is 45.2 Å². The normalized spacial score (nSPS) is 12.3. The second-order valence-electron chi connectivity index (χ2n) is 11.3. The number of carbonyl (C=O) groups excluding carboxylic acids is 2. The van der Waals surface area contributed by atoms with E-state index in [1.807, 2.05) is 27.7 Å². The Hall–Kier alpha value is -3.47. The lowest BCUT2D eigenvalue weighted by Gasteiger charge is -2.35. The maximum absolute atomic E-state index is 14.3. The standard InChI is InChI=1S/C32H39Cl2N3O6S/c1-8-27(31(39)35-32(3,4)5)36(19-22-11-15-25(33)26(34)17-22)30(38)20-37(23-12-16-28(42-6)29(18-23)43-7)44(40,41)24-13-9-21(2)10-14-24/h9-18,27H,8,19-20H2,1-7H3,(H,35,39). The van der Waals surface area contributed by atoms with E-state index in [-0.39, 0.29) is 40.2 Å². The molecular formula is C32H39Cl2N3O6S. The third kappa shape index (κ3) is 8.58. The van der Waals surface area contributed by atoms with E-state index in [9.17, 15) is 18.0 Å². The van der Waals surface area contributed by atoms with Gasteiger partial charge in [0.15, 0.2) is 11.5 Å². The Morgan fingerprint density at radius 3 is 2.09 bits per heavy atom. The molecule has 238 valence electrons. The van der Waals surface area contributed by atoms with Crippen LogP contribution in [-0.4, -0.2) is 57.5 Å². The van der Waals surface area contributed by atoms with E-state index >= 15 is 0 Å². The molecule has 0 spiro atoms. The Kier molecular flexibility index (Phi) is 11.6. The molecule has 1 unspecified atom stereocenters. The molecule has 0 saturated carbocycles. The summed E-state index contributed by atoms with van der Waals surface area (Å²) in [7, 11) is -1.36. The van der Waals surface area contributed by atoms with Crippen LogP contribution in [0, 0.1) is 6.92 Å². The lowest BCUT2D eigenvalue weighted by atomic mass is 10.1. The maximum Gasteiger partial charge on any atom is 0.264 e. The summed E-state index contributed by atoms with van der Waals surface area (Å²) in [6.45, 7) is 8.54. The Balaban J connectivity index is 2.14. The predicted octanol–water partition coefficient (Wildman–Crippen LogP) is 6.24. The first kappa shape index (κ1) is 35.0. The van der Waals surface area contributed by atoms with Gasteiger partial charge >= 0.3 is 0 Å². The number of nitrogens with zero attached hydrogens (tertiary/aromatic N) is 2. The summed E-state index contributed by atoms with van der Waals surface area (Å²) in [5.74, 6) is -0.295. The van der Waals surface area contributed by atoms with Gasteiger partial charge < -0.3 is 19.7 Å². The van der Waals surface area contributed by atoms with Crippen LogP contribution in [0.5, 0.6) is 11.5 Å². The highest BCUT2D eigenvalue weighted by Gasteiger charge is 2.35. The summed E-state index contributed by atoms with van der Waals surface area (Å²) in [5, 5.41) is 3.58. The van der Waals surface area contributed by atoms with Crippen LogP contribution in [0.25, 0.3) is 0 Å².